The molecule has 0 saturated carbocycles. The zero-order chi connectivity index (χ0) is 10.4. The normalized spacial score (nSPS) is 11.1. The van der Waals surface area contributed by atoms with Crippen molar-refractivity contribution >= 4 is 6.08 Å². The summed E-state index contributed by atoms with van der Waals surface area (Å²) < 4.78 is 12.6. The molecule has 0 fully saturated rings. The molecule has 0 atom stereocenters. The van der Waals surface area contributed by atoms with Crippen molar-refractivity contribution in [3.8, 4) is 0 Å². The van der Waals surface area contributed by atoms with Gasteiger partial charge < -0.3 is 5.32 Å². The average molecular weight is 194 g/mol. The Kier molecular flexibility index (Phi) is 4.26. The third kappa shape index (κ3) is 3.26. The van der Waals surface area contributed by atoms with Crippen LogP contribution in [-0.4, -0.2) is 18.6 Å². The summed E-state index contributed by atoms with van der Waals surface area (Å²) >= 11 is 0. The minimum atomic E-state index is -0.421. The third-order valence-corrected chi connectivity index (χ3v) is 1.95. The summed E-state index contributed by atoms with van der Waals surface area (Å²) in [6, 6.07) is 3.12. The van der Waals surface area contributed by atoms with Crippen LogP contribution < -0.4 is 5.32 Å². The molecule has 0 aliphatic rings. The van der Waals surface area contributed by atoms with Crippen LogP contribution in [0.2, 0.25) is 0 Å². The van der Waals surface area contributed by atoms with Gasteiger partial charge in [-0.2, -0.15) is 4.39 Å². The molecule has 0 aromatic carbocycles. The Labute approximate surface area is 83.9 Å². The highest BCUT2D eigenvalue weighted by Gasteiger charge is 1.96. The molecule has 0 radical (unpaired) electrons. The highest BCUT2D eigenvalue weighted by Crippen LogP contribution is 2.08. The van der Waals surface area contributed by atoms with Crippen molar-refractivity contribution in [2.75, 3.05) is 13.6 Å². The SMILES string of the molecule is CNCCC=Cc1ccc(F)nc1C. The maximum absolute atomic E-state index is 12.6. The van der Waals surface area contributed by atoms with Crippen molar-refractivity contribution < 1.29 is 4.39 Å². The van der Waals surface area contributed by atoms with E-state index in [1.807, 2.05) is 13.1 Å². The van der Waals surface area contributed by atoms with E-state index in [2.05, 4.69) is 16.4 Å². The molecule has 1 rings (SSSR count). The molecule has 0 aliphatic heterocycles. The zero-order valence-electron chi connectivity index (χ0n) is 8.55. The number of aryl methyl sites for hydroxylation is 1. The standard InChI is InChI=1S/C11H15FN2/c1-9-10(5-3-4-8-13-2)6-7-11(12)14-9/h3,5-7,13H,4,8H2,1-2H3. The lowest BCUT2D eigenvalue weighted by atomic mass is 10.2. The largest absolute Gasteiger partial charge is 0.319 e. The Balaban J connectivity index is 2.62. The minimum absolute atomic E-state index is 0.421. The lowest BCUT2D eigenvalue weighted by molar-refractivity contribution is 0.580. The van der Waals surface area contributed by atoms with Gasteiger partial charge >= 0.3 is 0 Å². The highest BCUT2D eigenvalue weighted by molar-refractivity contribution is 5.51. The first-order valence-electron chi connectivity index (χ1n) is 4.68. The lowest BCUT2D eigenvalue weighted by Crippen LogP contribution is -2.05. The third-order valence-electron chi connectivity index (χ3n) is 1.95. The number of pyridine rings is 1. The second-order valence-corrected chi connectivity index (χ2v) is 3.10. The summed E-state index contributed by atoms with van der Waals surface area (Å²) in [6.45, 7) is 2.75. The Hall–Kier alpha value is -1.22. The second kappa shape index (κ2) is 5.50. The summed E-state index contributed by atoms with van der Waals surface area (Å²) in [5, 5.41) is 3.05. The number of halogens is 1. The maximum atomic E-state index is 12.6. The van der Waals surface area contributed by atoms with E-state index in [9.17, 15) is 4.39 Å². The van der Waals surface area contributed by atoms with Gasteiger partial charge in [0.2, 0.25) is 5.95 Å². The molecule has 76 valence electrons. The molecule has 1 aromatic heterocycles. The number of hydrogen-bond donors (Lipinski definition) is 1. The molecule has 1 heterocycles. The summed E-state index contributed by atoms with van der Waals surface area (Å²) in [6.07, 6.45) is 4.99. The number of nitrogens with zero attached hydrogens (tertiary/aromatic N) is 1. The summed E-state index contributed by atoms with van der Waals surface area (Å²) in [7, 11) is 1.92. The van der Waals surface area contributed by atoms with E-state index in [0.717, 1.165) is 24.2 Å². The quantitative estimate of drug-likeness (QED) is 0.587. The van der Waals surface area contributed by atoms with E-state index in [-0.39, 0.29) is 0 Å². The smallest absolute Gasteiger partial charge is 0.213 e. The first kappa shape index (κ1) is 10.9. The van der Waals surface area contributed by atoms with Crippen LogP contribution in [0.15, 0.2) is 18.2 Å². The van der Waals surface area contributed by atoms with E-state index in [1.54, 1.807) is 13.0 Å². The molecule has 3 heteroatoms. The fourth-order valence-corrected chi connectivity index (χ4v) is 1.16. The van der Waals surface area contributed by atoms with Crippen molar-refractivity contribution in [1.29, 1.82) is 0 Å². The molecule has 0 unspecified atom stereocenters. The molecular weight excluding hydrogens is 179 g/mol. The van der Waals surface area contributed by atoms with Crippen LogP contribution in [0.25, 0.3) is 6.08 Å². The highest BCUT2D eigenvalue weighted by atomic mass is 19.1. The van der Waals surface area contributed by atoms with Crippen LogP contribution in [-0.2, 0) is 0 Å². The van der Waals surface area contributed by atoms with E-state index in [1.165, 1.54) is 6.07 Å². The predicted molar refractivity (Wildman–Crippen MR) is 56.5 cm³/mol. The van der Waals surface area contributed by atoms with E-state index >= 15 is 0 Å². The van der Waals surface area contributed by atoms with Crippen LogP contribution >= 0.6 is 0 Å². The van der Waals surface area contributed by atoms with E-state index in [4.69, 9.17) is 0 Å². The van der Waals surface area contributed by atoms with Gasteiger partial charge in [0.25, 0.3) is 0 Å². The Morgan fingerprint density at radius 1 is 1.50 bits per heavy atom. The van der Waals surface area contributed by atoms with Crippen LogP contribution in [0, 0.1) is 12.9 Å². The molecular formula is C11H15FN2. The molecule has 1 aromatic rings. The van der Waals surface area contributed by atoms with Crippen LogP contribution in [0.3, 0.4) is 0 Å². The maximum Gasteiger partial charge on any atom is 0.213 e. The Bertz CT molecular complexity index is 321. The molecule has 0 spiro atoms. The first-order valence-corrected chi connectivity index (χ1v) is 4.68. The van der Waals surface area contributed by atoms with Gasteiger partial charge in [-0.3, -0.25) is 0 Å². The van der Waals surface area contributed by atoms with Gasteiger partial charge in [-0.1, -0.05) is 12.2 Å². The Morgan fingerprint density at radius 3 is 2.93 bits per heavy atom. The van der Waals surface area contributed by atoms with Crippen LogP contribution in [0.5, 0.6) is 0 Å². The van der Waals surface area contributed by atoms with Crippen molar-refractivity contribution in [1.82, 2.24) is 10.3 Å². The molecule has 0 aliphatic carbocycles. The van der Waals surface area contributed by atoms with Gasteiger partial charge in [0, 0.05) is 5.69 Å². The molecule has 0 bridgehead atoms. The molecule has 0 saturated heterocycles. The van der Waals surface area contributed by atoms with Gasteiger partial charge in [-0.15, -0.1) is 0 Å². The van der Waals surface area contributed by atoms with Crippen molar-refractivity contribution in [3.05, 3.63) is 35.4 Å². The van der Waals surface area contributed by atoms with Crippen LogP contribution in [0.4, 0.5) is 4.39 Å². The van der Waals surface area contributed by atoms with Gasteiger partial charge in [-0.25, -0.2) is 4.98 Å². The van der Waals surface area contributed by atoms with Crippen molar-refractivity contribution in [2.45, 2.75) is 13.3 Å². The fraction of sp³-hybridized carbons (Fsp3) is 0.364. The summed E-state index contributed by atoms with van der Waals surface area (Å²) in [5.41, 5.74) is 1.70. The van der Waals surface area contributed by atoms with Gasteiger partial charge in [0.05, 0.1) is 0 Å². The van der Waals surface area contributed by atoms with Gasteiger partial charge in [-0.05, 0) is 44.6 Å². The number of nitrogens with one attached hydrogen (secondary N) is 1. The molecule has 14 heavy (non-hydrogen) atoms. The second-order valence-electron chi connectivity index (χ2n) is 3.10. The zero-order valence-corrected chi connectivity index (χ0v) is 8.55. The van der Waals surface area contributed by atoms with E-state index < -0.39 is 5.95 Å². The van der Waals surface area contributed by atoms with Crippen LogP contribution in [0.1, 0.15) is 17.7 Å². The Morgan fingerprint density at radius 2 is 2.29 bits per heavy atom. The minimum Gasteiger partial charge on any atom is -0.319 e. The number of rotatable bonds is 4. The average Bonchev–Trinajstić information content (AvgIpc) is 2.15. The molecule has 0 amide bonds. The molecule has 2 nitrogen and oxygen atoms in total. The van der Waals surface area contributed by atoms with Crippen molar-refractivity contribution in [2.24, 2.45) is 0 Å². The topological polar surface area (TPSA) is 24.9 Å². The number of aromatic nitrogens is 1. The lowest BCUT2D eigenvalue weighted by Gasteiger charge is -1.98. The van der Waals surface area contributed by atoms with Gasteiger partial charge in [0.1, 0.15) is 0 Å². The van der Waals surface area contributed by atoms with E-state index in [0.29, 0.717) is 0 Å². The fourth-order valence-electron chi connectivity index (χ4n) is 1.16. The summed E-state index contributed by atoms with van der Waals surface area (Å²) in [4.78, 5) is 3.74. The number of hydrogen-bond acceptors (Lipinski definition) is 2. The van der Waals surface area contributed by atoms with Crippen molar-refractivity contribution in [3.63, 3.8) is 0 Å². The predicted octanol–water partition coefficient (Wildman–Crippen LogP) is 2.15. The monoisotopic (exact) mass is 194 g/mol. The van der Waals surface area contributed by atoms with Gasteiger partial charge in [0.15, 0.2) is 0 Å². The summed E-state index contributed by atoms with van der Waals surface area (Å²) in [5.74, 6) is -0.421. The molecule has 1 N–H and O–H groups in total. The first-order chi connectivity index (χ1) is 6.74.